The van der Waals surface area contributed by atoms with Crippen LogP contribution in [0.15, 0.2) is 0 Å². The molecule has 4 aliphatic rings. The van der Waals surface area contributed by atoms with Gasteiger partial charge in [-0.05, 0) is 56.3 Å². The molecular weight excluding hydrogens is 248 g/mol. The Bertz CT molecular complexity index is 404. The zero-order valence-corrected chi connectivity index (χ0v) is 10.8. The lowest BCUT2D eigenvalue weighted by atomic mass is 9.54. The zero-order valence-electron chi connectivity index (χ0n) is 10.8. The molecule has 4 rings (SSSR count). The summed E-state index contributed by atoms with van der Waals surface area (Å²) in [6, 6.07) is 0. The van der Waals surface area contributed by atoms with Crippen molar-refractivity contribution in [1.82, 2.24) is 0 Å². The van der Waals surface area contributed by atoms with Gasteiger partial charge in [0.25, 0.3) is 5.78 Å². The monoisotopic (exact) mass is 266 g/mol. The van der Waals surface area contributed by atoms with Crippen LogP contribution in [0, 0.1) is 17.8 Å². The van der Waals surface area contributed by atoms with Crippen molar-refractivity contribution in [3.63, 3.8) is 0 Å². The Morgan fingerprint density at radius 1 is 1.00 bits per heavy atom. The molecule has 4 bridgehead atoms. The average molecular weight is 266 g/mol. The van der Waals surface area contributed by atoms with Crippen molar-refractivity contribution in [3.8, 4) is 0 Å². The molecular formula is C14H18O5. The minimum atomic E-state index is -1.57. The van der Waals surface area contributed by atoms with Gasteiger partial charge in [0.15, 0.2) is 0 Å². The highest BCUT2D eigenvalue weighted by Crippen LogP contribution is 2.57. The van der Waals surface area contributed by atoms with Crippen molar-refractivity contribution < 1.29 is 24.2 Å². The highest BCUT2D eigenvalue weighted by Gasteiger charge is 2.53. The van der Waals surface area contributed by atoms with Gasteiger partial charge in [-0.1, -0.05) is 0 Å². The van der Waals surface area contributed by atoms with Crippen LogP contribution in [0.2, 0.25) is 0 Å². The summed E-state index contributed by atoms with van der Waals surface area (Å²) in [6.45, 7) is 0. The molecule has 104 valence electrons. The van der Waals surface area contributed by atoms with Gasteiger partial charge in [-0.15, -0.1) is 0 Å². The largest absolute Gasteiger partial charge is 0.475 e. The number of esters is 1. The molecule has 0 saturated heterocycles. The van der Waals surface area contributed by atoms with Gasteiger partial charge in [-0.3, -0.25) is 9.59 Å². The SMILES string of the molecule is O=C(CC(=O)C(=O)O)OC12CC3CC(CC(C3)C1)C2. The highest BCUT2D eigenvalue weighted by atomic mass is 16.6. The molecule has 0 atom stereocenters. The first kappa shape index (κ1) is 12.6. The lowest BCUT2D eigenvalue weighted by molar-refractivity contribution is -0.187. The van der Waals surface area contributed by atoms with Gasteiger partial charge in [0.1, 0.15) is 12.0 Å². The third-order valence-corrected chi connectivity index (χ3v) is 4.86. The average Bonchev–Trinajstić information content (AvgIpc) is 2.25. The Balaban J connectivity index is 1.64. The van der Waals surface area contributed by atoms with E-state index in [0.29, 0.717) is 17.8 Å². The number of aliphatic carboxylic acids is 1. The molecule has 4 fully saturated rings. The van der Waals surface area contributed by atoms with E-state index in [1.54, 1.807) is 0 Å². The number of hydrogen-bond acceptors (Lipinski definition) is 4. The molecule has 1 N–H and O–H groups in total. The first-order chi connectivity index (χ1) is 8.96. The maximum Gasteiger partial charge on any atom is 0.372 e. The third kappa shape index (κ3) is 2.38. The summed E-state index contributed by atoms with van der Waals surface area (Å²) < 4.78 is 5.55. The first-order valence-electron chi connectivity index (χ1n) is 6.94. The van der Waals surface area contributed by atoms with E-state index in [1.165, 1.54) is 19.3 Å². The minimum Gasteiger partial charge on any atom is -0.475 e. The normalized spacial score (nSPS) is 39.1. The maximum atomic E-state index is 11.7. The molecule has 0 aromatic rings. The van der Waals surface area contributed by atoms with Crippen LogP contribution in [-0.4, -0.2) is 28.4 Å². The summed E-state index contributed by atoms with van der Waals surface area (Å²) in [5.74, 6) is -1.38. The van der Waals surface area contributed by atoms with E-state index < -0.39 is 29.7 Å². The molecule has 19 heavy (non-hydrogen) atoms. The van der Waals surface area contributed by atoms with Gasteiger partial charge in [-0.25, -0.2) is 4.79 Å². The quantitative estimate of drug-likeness (QED) is 0.474. The van der Waals surface area contributed by atoms with Crippen LogP contribution in [0.25, 0.3) is 0 Å². The number of ether oxygens (including phenoxy) is 1. The second-order valence-corrected chi connectivity index (χ2v) is 6.48. The van der Waals surface area contributed by atoms with E-state index >= 15 is 0 Å². The van der Waals surface area contributed by atoms with Crippen molar-refractivity contribution in [2.45, 2.75) is 50.5 Å². The molecule has 0 radical (unpaired) electrons. The predicted molar refractivity (Wildman–Crippen MR) is 64.3 cm³/mol. The van der Waals surface area contributed by atoms with Crippen molar-refractivity contribution in [1.29, 1.82) is 0 Å². The van der Waals surface area contributed by atoms with E-state index in [1.807, 2.05) is 0 Å². The van der Waals surface area contributed by atoms with E-state index in [9.17, 15) is 14.4 Å². The maximum absolute atomic E-state index is 11.7. The Labute approximate surface area is 111 Å². The Morgan fingerprint density at radius 3 is 1.89 bits per heavy atom. The molecule has 5 heteroatoms. The summed E-state index contributed by atoms with van der Waals surface area (Å²) in [5, 5.41) is 8.50. The number of carboxylic acid groups (broad SMARTS) is 1. The van der Waals surface area contributed by atoms with E-state index in [2.05, 4.69) is 0 Å². The lowest BCUT2D eigenvalue weighted by Crippen LogP contribution is -2.52. The Kier molecular flexibility index (Phi) is 2.87. The number of hydrogen-bond donors (Lipinski definition) is 1. The summed E-state index contributed by atoms with van der Waals surface area (Å²) in [5.41, 5.74) is -0.398. The fourth-order valence-corrected chi connectivity index (χ4v) is 4.64. The molecule has 5 nitrogen and oxygen atoms in total. The van der Waals surface area contributed by atoms with E-state index in [0.717, 1.165) is 19.3 Å². The minimum absolute atomic E-state index is 0.398. The summed E-state index contributed by atoms with van der Waals surface area (Å²) in [4.78, 5) is 33.2. The summed E-state index contributed by atoms with van der Waals surface area (Å²) in [7, 11) is 0. The zero-order chi connectivity index (χ0) is 13.6. The number of carboxylic acids is 1. The molecule has 0 aromatic heterocycles. The van der Waals surface area contributed by atoms with Gasteiger partial charge in [-0.2, -0.15) is 0 Å². The van der Waals surface area contributed by atoms with E-state index in [-0.39, 0.29) is 0 Å². The van der Waals surface area contributed by atoms with Crippen molar-refractivity contribution >= 4 is 17.7 Å². The predicted octanol–water partition coefficient (Wildman–Crippen LogP) is 1.54. The van der Waals surface area contributed by atoms with Gasteiger partial charge >= 0.3 is 11.9 Å². The van der Waals surface area contributed by atoms with Crippen LogP contribution in [0.1, 0.15) is 44.9 Å². The molecule has 0 spiro atoms. The van der Waals surface area contributed by atoms with Crippen molar-refractivity contribution in [3.05, 3.63) is 0 Å². The second-order valence-electron chi connectivity index (χ2n) is 6.48. The van der Waals surface area contributed by atoms with Crippen molar-refractivity contribution in [2.75, 3.05) is 0 Å². The molecule has 0 aromatic carbocycles. The summed E-state index contributed by atoms with van der Waals surface area (Å²) >= 11 is 0. The van der Waals surface area contributed by atoms with Crippen LogP contribution in [-0.2, 0) is 19.1 Å². The number of carbonyl (C=O) groups is 3. The van der Waals surface area contributed by atoms with Crippen LogP contribution in [0.5, 0.6) is 0 Å². The number of carbonyl (C=O) groups excluding carboxylic acids is 2. The second kappa shape index (κ2) is 4.32. The van der Waals surface area contributed by atoms with Crippen LogP contribution < -0.4 is 0 Å². The fourth-order valence-electron chi connectivity index (χ4n) is 4.64. The van der Waals surface area contributed by atoms with Gasteiger partial charge in [0.05, 0.1) is 0 Å². The smallest absolute Gasteiger partial charge is 0.372 e. The summed E-state index contributed by atoms with van der Waals surface area (Å²) in [6.07, 6.45) is 5.77. The molecule has 0 amide bonds. The third-order valence-electron chi connectivity index (χ3n) is 4.86. The topological polar surface area (TPSA) is 80.7 Å². The highest BCUT2D eigenvalue weighted by molar-refractivity contribution is 6.35. The number of ketones is 1. The first-order valence-corrected chi connectivity index (χ1v) is 6.94. The molecule has 0 unspecified atom stereocenters. The van der Waals surface area contributed by atoms with Crippen molar-refractivity contribution in [2.24, 2.45) is 17.8 Å². The fraction of sp³-hybridized carbons (Fsp3) is 0.786. The number of Topliss-reactive ketones (excluding diaryl/α,β-unsaturated/α-hetero) is 1. The number of rotatable bonds is 4. The van der Waals surface area contributed by atoms with Gasteiger partial charge < -0.3 is 9.84 Å². The Morgan fingerprint density at radius 2 is 1.47 bits per heavy atom. The molecule has 4 aliphatic carbocycles. The standard InChI is InChI=1S/C14H18O5/c15-11(13(17)18)4-12(16)19-14-5-8-1-9(6-14)3-10(2-8)7-14/h8-10H,1-7H2,(H,17,18). The van der Waals surface area contributed by atoms with Crippen LogP contribution in [0.4, 0.5) is 0 Å². The van der Waals surface area contributed by atoms with Crippen LogP contribution >= 0.6 is 0 Å². The van der Waals surface area contributed by atoms with Crippen LogP contribution in [0.3, 0.4) is 0 Å². The molecule has 4 saturated carbocycles. The molecule has 0 heterocycles. The van der Waals surface area contributed by atoms with Gasteiger partial charge in [0.2, 0.25) is 0 Å². The van der Waals surface area contributed by atoms with E-state index in [4.69, 9.17) is 9.84 Å². The molecule has 0 aliphatic heterocycles. The van der Waals surface area contributed by atoms with Gasteiger partial charge in [0, 0.05) is 0 Å². The lowest BCUT2D eigenvalue weighted by Gasteiger charge is -2.55. The Hall–Kier alpha value is -1.39.